The number of hydrogen-bond acceptors (Lipinski definition) is 3. The highest BCUT2D eigenvalue weighted by molar-refractivity contribution is 7.89. The first kappa shape index (κ1) is 14.4. The molecule has 0 bridgehead atoms. The largest absolute Gasteiger partial charge is 0.393 e. The summed E-state index contributed by atoms with van der Waals surface area (Å²) in [5, 5.41) is 9.52. The third-order valence-corrected chi connectivity index (χ3v) is 5.64. The van der Waals surface area contributed by atoms with Crippen LogP contribution in [0.2, 0.25) is 0 Å². The standard InChI is InChI=1S/C13H18FNO3S/c1-9-3-4-12(14)7-13(9)19(17,18)15-6-5-11(8-15)10(2)16/h3-4,7,10-11,16H,5-6,8H2,1-2H3. The summed E-state index contributed by atoms with van der Waals surface area (Å²) >= 11 is 0. The van der Waals surface area contributed by atoms with Gasteiger partial charge in [-0.3, -0.25) is 0 Å². The van der Waals surface area contributed by atoms with Crippen LogP contribution in [0.15, 0.2) is 23.1 Å². The first-order chi connectivity index (χ1) is 8.82. The minimum Gasteiger partial charge on any atom is -0.393 e. The van der Waals surface area contributed by atoms with Crippen LogP contribution >= 0.6 is 0 Å². The average Bonchev–Trinajstić information content (AvgIpc) is 2.82. The fraction of sp³-hybridized carbons (Fsp3) is 0.538. The van der Waals surface area contributed by atoms with Crippen LogP contribution in [-0.2, 0) is 10.0 Å². The summed E-state index contributed by atoms with van der Waals surface area (Å²) in [5.74, 6) is -0.612. The van der Waals surface area contributed by atoms with E-state index in [9.17, 15) is 17.9 Å². The Kier molecular flexibility index (Phi) is 3.94. The van der Waals surface area contributed by atoms with Crippen molar-refractivity contribution in [3.8, 4) is 0 Å². The lowest BCUT2D eigenvalue weighted by molar-refractivity contribution is 0.133. The number of nitrogens with zero attached hydrogens (tertiary/aromatic N) is 1. The molecule has 1 saturated heterocycles. The van der Waals surface area contributed by atoms with Crippen LogP contribution in [0.5, 0.6) is 0 Å². The molecular formula is C13H18FNO3S. The maximum Gasteiger partial charge on any atom is 0.243 e. The van der Waals surface area contributed by atoms with E-state index in [0.717, 1.165) is 6.07 Å². The zero-order valence-corrected chi connectivity index (χ0v) is 11.8. The second-order valence-corrected chi connectivity index (χ2v) is 6.97. The van der Waals surface area contributed by atoms with Crippen molar-refractivity contribution in [3.05, 3.63) is 29.6 Å². The lowest BCUT2D eigenvalue weighted by atomic mass is 10.0. The van der Waals surface area contributed by atoms with E-state index in [0.29, 0.717) is 18.5 Å². The molecular weight excluding hydrogens is 269 g/mol. The zero-order valence-electron chi connectivity index (χ0n) is 11.0. The van der Waals surface area contributed by atoms with Crippen molar-refractivity contribution < 1.29 is 17.9 Å². The predicted octanol–water partition coefficient (Wildman–Crippen LogP) is 1.53. The molecule has 2 atom stereocenters. The highest BCUT2D eigenvalue weighted by Crippen LogP contribution is 2.28. The molecule has 1 heterocycles. The summed E-state index contributed by atoms with van der Waals surface area (Å²) in [6.45, 7) is 3.96. The minimum atomic E-state index is -3.68. The van der Waals surface area contributed by atoms with Gasteiger partial charge in [-0.25, -0.2) is 12.8 Å². The van der Waals surface area contributed by atoms with Crippen molar-refractivity contribution in [1.29, 1.82) is 0 Å². The summed E-state index contributed by atoms with van der Waals surface area (Å²) < 4.78 is 39.5. The molecule has 4 nitrogen and oxygen atoms in total. The molecule has 1 N–H and O–H groups in total. The fourth-order valence-corrected chi connectivity index (χ4v) is 4.11. The van der Waals surface area contributed by atoms with Crippen LogP contribution in [0.3, 0.4) is 0 Å². The first-order valence-corrected chi connectivity index (χ1v) is 7.70. The van der Waals surface area contributed by atoms with Gasteiger partial charge in [0.1, 0.15) is 5.82 Å². The van der Waals surface area contributed by atoms with Gasteiger partial charge < -0.3 is 5.11 Å². The van der Waals surface area contributed by atoms with Crippen molar-refractivity contribution >= 4 is 10.0 Å². The van der Waals surface area contributed by atoms with Gasteiger partial charge in [-0.05, 0) is 43.9 Å². The van der Waals surface area contributed by atoms with Gasteiger partial charge in [-0.15, -0.1) is 0 Å². The lowest BCUT2D eigenvalue weighted by Crippen LogP contribution is -2.31. The molecule has 106 valence electrons. The second kappa shape index (κ2) is 5.19. The highest BCUT2D eigenvalue weighted by Gasteiger charge is 2.35. The fourth-order valence-electron chi connectivity index (χ4n) is 2.36. The second-order valence-electron chi connectivity index (χ2n) is 5.06. The topological polar surface area (TPSA) is 57.6 Å². The van der Waals surface area contributed by atoms with Crippen molar-refractivity contribution in [1.82, 2.24) is 4.31 Å². The van der Waals surface area contributed by atoms with Gasteiger partial charge in [0.25, 0.3) is 0 Å². The molecule has 6 heteroatoms. The van der Waals surface area contributed by atoms with Gasteiger partial charge in [0.05, 0.1) is 11.0 Å². The Balaban J connectivity index is 2.31. The summed E-state index contributed by atoms with van der Waals surface area (Å²) in [6, 6.07) is 3.77. The van der Waals surface area contributed by atoms with Crippen molar-refractivity contribution in [3.63, 3.8) is 0 Å². The summed E-state index contributed by atoms with van der Waals surface area (Å²) in [6.07, 6.45) is 0.0967. The number of rotatable bonds is 3. The Bertz CT molecular complexity index is 571. The van der Waals surface area contributed by atoms with E-state index in [-0.39, 0.29) is 17.4 Å². The maximum atomic E-state index is 13.2. The van der Waals surface area contributed by atoms with Gasteiger partial charge in [-0.1, -0.05) is 6.07 Å². The summed E-state index contributed by atoms with van der Waals surface area (Å²) in [7, 11) is -3.68. The normalized spacial score (nSPS) is 22.6. The smallest absolute Gasteiger partial charge is 0.243 e. The minimum absolute atomic E-state index is 0.0127. The Hall–Kier alpha value is -0.980. The molecule has 0 saturated carbocycles. The molecule has 2 rings (SSSR count). The number of sulfonamides is 1. The molecule has 1 aliphatic rings. The number of aryl methyl sites for hydroxylation is 1. The zero-order chi connectivity index (χ0) is 14.2. The van der Waals surface area contributed by atoms with E-state index in [1.54, 1.807) is 13.8 Å². The molecule has 0 radical (unpaired) electrons. The van der Waals surface area contributed by atoms with E-state index in [1.165, 1.54) is 16.4 Å². The third-order valence-electron chi connectivity index (χ3n) is 3.64. The Labute approximate surface area is 112 Å². The molecule has 0 amide bonds. The molecule has 19 heavy (non-hydrogen) atoms. The number of benzene rings is 1. The number of halogens is 1. The summed E-state index contributed by atoms with van der Waals surface area (Å²) in [4.78, 5) is 0.0127. The highest BCUT2D eigenvalue weighted by atomic mass is 32.2. The number of aliphatic hydroxyl groups is 1. The van der Waals surface area contributed by atoms with E-state index in [4.69, 9.17) is 0 Å². The number of hydrogen-bond donors (Lipinski definition) is 1. The predicted molar refractivity (Wildman–Crippen MR) is 69.7 cm³/mol. The molecule has 2 unspecified atom stereocenters. The maximum absolute atomic E-state index is 13.2. The van der Waals surface area contributed by atoms with Crippen LogP contribution in [0.4, 0.5) is 4.39 Å². The molecule has 1 aromatic rings. The van der Waals surface area contributed by atoms with Crippen LogP contribution in [0.1, 0.15) is 18.9 Å². The van der Waals surface area contributed by atoms with Gasteiger partial charge >= 0.3 is 0 Å². The third kappa shape index (κ3) is 2.80. The van der Waals surface area contributed by atoms with Crippen LogP contribution in [0, 0.1) is 18.7 Å². The van der Waals surface area contributed by atoms with Gasteiger partial charge in [0.2, 0.25) is 10.0 Å². The van der Waals surface area contributed by atoms with Crippen molar-refractivity contribution in [2.24, 2.45) is 5.92 Å². The Morgan fingerprint density at radius 2 is 2.16 bits per heavy atom. The van der Waals surface area contributed by atoms with Gasteiger partial charge in [0, 0.05) is 13.1 Å². The quantitative estimate of drug-likeness (QED) is 0.917. The van der Waals surface area contributed by atoms with Crippen molar-refractivity contribution in [2.75, 3.05) is 13.1 Å². The van der Waals surface area contributed by atoms with E-state index >= 15 is 0 Å². The molecule has 0 spiro atoms. The molecule has 0 aliphatic carbocycles. The monoisotopic (exact) mass is 287 g/mol. The van der Waals surface area contributed by atoms with Crippen LogP contribution < -0.4 is 0 Å². The number of aliphatic hydroxyl groups excluding tert-OH is 1. The van der Waals surface area contributed by atoms with E-state index in [1.807, 2.05) is 0 Å². The first-order valence-electron chi connectivity index (χ1n) is 6.26. The van der Waals surface area contributed by atoms with Gasteiger partial charge in [0.15, 0.2) is 0 Å². The summed E-state index contributed by atoms with van der Waals surface area (Å²) in [5.41, 5.74) is 0.530. The van der Waals surface area contributed by atoms with Gasteiger partial charge in [-0.2, -0.15) is 4.31 Å². The van der Waals surface area contributed by atoms with E-state index in [2.05, 4.69) is 0 Å². The Morgan fingerprint density at radius 1 is 1.47 bits per heavy atom. The molecule has 1 aliphatic heterocycles. The van der Waals surface area contributed by atoms with Crippen LogP contribution in [-0.4, -0.2) is 37.0 Å². The SMILES string of the molecule is Cc1ccc(F)cc1S(=O)(=O)N1CCC(C(C)O)C1. The average molecular weight is 287 g/mol. The van der Waals surface area contributed by atoms with Crippen LogP contribution in [0.25, 0.3) is 0 Å². The molecule has 0 aromatic heterocycles. The van der Waals surface area contributed by atoms with E-state index < -0.39 is 21.9 Å². The van der Waals surface area contributed by atoms with Crippen molar-refractivity contribution in [2.45, 2.75) is 31.3 Å². The molecule has 1 aromatic carbocycles. The Morgan fingerprint density at radius 3 is 2.74 bits per heavy atom. The lowest BCUT2D eigenvalue weighted by Gasteiger charge is -2.19. The molecule has 1 fully saturated rings.